The van der Waals surface area contributed by atoms with Crippen LogP contribution < -0.4 is 0 Å². The van der Waals surface area contributed by atoms with Crippen molar-refractivity contribution in [3.63, 3.8) is 0 Å². The molecule has 0 aliphatic rings. The van der Waals surface area contributed by atoms with E-state index in [0.717, 1.165) is 109 Å². The first-order chi connectivity index (χ1) is 29.5. The van der Waals surface area contributed by atoms with Crippen molar-refractivity contribution >= 4 is 17.9 Å². The molecule has 6 heteroatoms. The molecule has 0 amide bonds. The lowest BCUT2D eigenvalue weighted by Crippen LogP contribution is -2.30. The third kappa shape index (κ3) is 45.4. The Bertz CT molecular complexity index is 1230. The van der Waals surface area contributed by atoms with Crippen molar-refractivity contribution in [1.29, 1.82) is 0 Å². The maximum Gasteiger partial charge on any atom is 0.306 e. The van der Waals surface area contributed by atoms with Crippen molar-refractivity contribution in [3.8, 4) is 0 Å². The smallest absolute Gasteiger partial charge is 0.306 e. The van der Waals surface area contributed by atoms with Crippen LogP contribution in [0, 0.1) is 0 Å². The van der Waals surface area contributed by atoms with Gasteiger partial charge >= 0.3 is 17.9 Å². The van der Waals surface area contributed by atoms with Crippen LogP contribution in [0.4, 0.5) is 0 Å². The molecule has 0 bridgehead atoms. The van der Waals surface area contributed by atoms with Crippen LogP contribution in [0.5, 0.6) is 0 Å². The Morgan fingerprint density at radius 2 is 0.667 bits per heavy atom. The molecular formula is C54H88O6. The molecule has 60 heavy (non-hydrogen) atoms. The highest BCUT2D eigenvalue weighted by atomic mass is 16.6. The van der Waals surface area contributed by atoms with Gasteiger partial charge in [0.2, 0.25) is 0 Å². The molecule has 0 radical (unpaired) electrons. The Morgan fingerprint density at radius 1 is 0.350 bits per heavy atom. The first-order valence-electron chi connectivity index (χ1n) is 24.2. The van der Waals surface area contributed by atoms with Crippen LogP contribution in [0.15, 0.2) is 97.2 Å². The van der Waals surface area contributed by atoms with Crippen LogP contribution in [0.3, 0.4) is 0 Å². The number of ether oxygens (including phenoxy) is 3. The summed E-state index contributed by atoms with van der Waals surface area (Å²) in [6, 6.07) is 0. The number of unbranched alkanes of at least 4 members (excludes halogenated alkanes) is 15. The highest BCUT2D eigenvalue weighted by Crippen LogP contribution is 2.13. The molecule has 0 saturated carbocycles. The van der Waals surface area contributed by atoms with Gasteiger partial charge in [-0.2, -0.15) is 0 Å². The number of allylic oxidation sites excluding steroid dienone is 16. The van der Waals surface area contributed by atoms with E-state index in [1.807, 2.05) is 0 Å². The van der Waals surface area contributed by atoms with Crippen molar-refractivity contribution in [1.82, 2.24) is 0 Å². The molecule has 1 atom stereocenters. The number of hydrogen-bond donors (Lipinski definition) is 0. The van der Waals surface area contributed by atoms with Crippen molar-refractivity contribution in [2.24, 2.45) is 0 Å². The molecule has 0 fully saturated rings. The van der Waals surface area contributed by atoms with Crippen LogP contribution >= 0.6 is 0 Å². The van der Waals surface area contributed by atoms with Crippen LogP contribution in [0.1, 0.15) is 207 Å². The lowest BCUT2D eigenvalue weighted by molar-refractivity contribution is -0.167. The van der Waals surface area contributed by atoms with Gasteiger partial charge in [-0.05, 0) is 89.9 Å². The second-order valence-electron chi connectivity index (χ2n) is 15.6. The monoisotopic (exact) mass is 833 g/mol. The van der Waals surface area contributed by atoms with E-state index in [0.29, 0.717) is 12.8 Å². The van der Waals surface area contributed by atoms with Crippen molar-refractivity contribution in [3.05, 3.63) is 97.2 Å². The minimum Gasteiger partial charge on any atom is -0.462 e. The quantitative estimate of drug-likeness (QED) is 0.0264. The molecule has 0 heterocycles. The van der Waals surface area contributed by atoms with Gasteiger partial charge in [0.25, 0.3) is 0 Å². The topological polar surface area (TPSA) is 78.9 Å². The van der Waals surface area contributed by atoms with E-state index >= 15 is 0 Å². The number of carbonyl (C=O) groups excluding carboxylic acids is 3. The molecule has 1 unspecified atom stereocenters. The van der Waals surface area contributed by atoms with Gasteiger partial charge in [0.1, 0.15) is 13.2 Å². The first kappa shape index (κ1) is 56.3. The minimum absolute atomic E-state index is 0.104. The minimum atomic E-state index is -0.810. The summed E-state index contributed by atoms with van der Waals surface area (Å²) in [5.74, 6) is -0.995. The SMILES string of the molecule is CC/C=C\C/C=C\C/C=C\C/C=C\C/C=C\CCCC(=O)OCC(COC(=O)CCCCCCCCCCCCC)OC(=O)CCCCCC/C=C\C/C=C\C/C=C\CC. The Hall–Kier alpha value is -3.67. The zero-order valence-corrected chi connectivity index (χ0v) is 38.7. The summed E-state index contributed by atoms with van der Waals surface area (Å²) in [4.78, 5) is 37.8. The molecule has 0 aliphatic carbocycles. The lowest BCUT2D eigenvalue weighted by Gasteiger charge is -2.18. The summed E-state index contributed by atoms with van der Waals surface area (Å²) < 4.78 is 16.7. The number of hydrogen-bond acceptors (Lipinski definition) is 6. The second kappa shape index (κ2) is 48.0. The van der Waals surface area contributed by atoms with Gasteiger partial charge < -0.3 is 14.2 Å². The molecule has 0 aromatic heterocycles. The molecule has 6 nitrogen and oxygen atoms in total. The summed E-state index contributed by atoms with van der Waals surface area (Å²) in [6.45, 7) is 6.32. The predicted molar refractivity (Wildman–Crippen MR) is 256 cm³/mol. The number of esters is 3. The van der Waals surface area contributed by atoms with E-state index in [-0.39, 0.29) is 44.0 Å². The normalized spacial score (nSPS) is 12.9. The molecule has 0 aromatic carbocycles. The summed E-state index contributed by atoms with van der Waals surface area (Å²) in [5.41, 5.74) is 0. The summed E-state index contributed by atoms with van der Waals surface area (Å²) in [7, 11) is 0. The summed E-state index contributed by atoms with van der Waals surface area (Å²) >= 11 is 0. The molecular weight excluding hydrogens is 745 g/mol. The van der Waals surface area contributed by atoms with Crippen molar-refractivity contribution < 1.29 is 28.6 Å². The molecule has 0 N–H and O–H groups in total. The van der Waals surface area contributed by atoms with Crippen LogP contribution in [0.25, 0.3) is 0 Å². The van der Waals surface area contributed by atoms with E-state index in [9.17, 15) is 14.4 Å². The Balaban J connectivity index is 4.52. The molecule has 0 rings (SSSR count). The molecule has 340 valence electrons. The van der Waals surface area contributed by atoms with Gasteiger partial charge in [-0.1, -0.05) is 195 Å². The second-order valence-corrected chi connectivity index (χ2v) is 15.6. The van der Waals surface area contributed by atoms with E-state index in [1.165, 1.54) is 51.4 Å². The average molecular weight is 833 g/mol. The van der Waals surface area contributed by atoms with E-state index < -0.39 is 6.10 Å². The standard InChI is InChI=1S/C54H88O6/c1-4-7-10-13-16-19-22-24-26-27-28-30-32-35-38-41-44-47-53(56)59-50-51(49-58-52(55)46-43-40-37-34-31-21-18-15-12-9-6-3)60-54(57)48-45-42-39-36-33-29-25-23-20-17-14-11-8-5-2/h7-8,10-11,16-17,19-20,24-26,28-30,35,38,51H,4-6,9,12-15,18,21-23,27,31-34,36-37,39-50H2,1-3H3/b10-7-,11-8-,19-16-,20-17-,26-24-,29-25-,30-28-,38-35-. The molecule has 0 saturated heterocycles. The highest BCUT2D eigenvalue weighted by molar-refractivity contribution is 5.71. The molecule has 0 spiro atoms. The number of carbonyl (C=O) groups is 3. The largest absolute Gasteiger partial charge is 0.462 e. The molecule has 0 aromatic rings. The fraction of sp³-hybridized carbons (Fsp3) is 0.648. The Kier molecular flexibility index (Phi) is 45.1. The van der Waals surface area contributed by atoms with E-state index in [4.69, 9.17) is 14.2 Å². The Labute approximate surface area is 368 Å². The third-order valence-electron chi connectivity index (χ3n) is 9.83. The Morgan fingerprint density at radius 3 is 1.08 bits per heavy atom. The summed E-state index contributed by atoms with van der Waals surface area (Å²) in [6.07, 6.45) is 62.5. The van der Waals surface area contributed by atoms with Gasteiger partial charge in [-0.15, -0.1) is 0 Å². The fourth-order valence-corrected chi connectivity index (χ4v) is 6.26. The number of rotatable bonds is 42. The van der Waals surface area contributed by atoms with Gasteiger partial charge in [0, 0.05) is 19.3 Å². The van der Waals surface area contributed by atoms with Gasteiger partial charge in [-0.25, -0.2) is 0 Å². The van der Waals surface area contributed by atoms with Crippen molar-refractivity contribution in [2.45, 2.75) is 213 Å². The van der Waals surface area contributed by atoms with Crippen LogP contribution in [0.2, 0.25) is 0 Å². The third-order valence-corrected chi connectivity index (χ3v) is 9.83. The maximum absolute atomic E-state index is 12.7. The predicted octanol–water partition coefficient (Wildman–Crippen LogP) is 15.8. The van der Waals surface area contributed by atoms with Crippen LogP contribution in [-0.4, -0.2) is 37.2 Å². The van der Waals surface area contributed by atoms with Gasteiger partial charge in [0.15, 0.2) is 6.10 Å². The fourth-order valence-electron chi connectivity index (χ4n) is 6.26. The highest BCUT2D eigenvalue weighted by Gasteiger charge is 2.19. The average Bonchev–Trinajstić information content (AvgIpc) is 3.24. The first-order valence-corrected chi connectivity index (χ1v) is 24.2. The van der Waals surface area contributed by atoms with E-state index in [2.05, 4.69) is 118 Å². The van der Waals surface area contributed by atoms with Gasteiger partial charge in [-0.3, -0.25) is 14.4 Å². The van der Waals surface area contributed by atoms with Crippen molar-refractivity contribution in [2.75, 3.05) is 13.2 Å². The summed E-state index contributed by atoms with van der Waals surface area (Å²) in [5, 5.41) is 0. The van der Waals surface area contributed by atoms with Crippen LogP contribution in [-0.2, 0) is 28.6 Å². The molecule has 0 aliphatic heterocycles. The zero-order chi connectivity index (χ0) is 43.7. The zero-order valence-electron chi connectivity index (χ0n) is 38.7. The van der Waals surface area contributed by atoms with Gasteiger partial charge in [0.05, 0.1) is 0 Å². The maximum atomic E-state index is 12.7. The lowest BCUT2D eigenvalue weighted by atomic mass is 10.1. The van der Waals surface area contributed by atoms with E-state index in [1.54, 1.807) is 0 Å².